The molecule has 0 bridgehead atoms. The minimum Gasteiger partial charge on any atom is -0.168 e. The molecule has 0 saturated heterocycles. The lowest BCUT2D eigenvalue weighted by Crippen LogP contribution is -2.11. The van der Waals surface area contributed by atoms with Crippen molar-refractivity contribution in [1.29, 1.82) is 0 Å². The lowest BCUT2D eigenvalue weighted by molar-refractivity contribution is 0.541. The Labute approximate surface area is 110 Å². The fourth-order valence-electron chi connectivity index (χ4n) is 2.71. The summed E-state index contributed by atoms with van der Waals surface area (Å²) in [7, 11) is -2.29. The number of hydrogen-bond acceptors (Lipinski definition) is 3. The molecule has 1 saturated carbocycles. The molecular weight excluding hydrogens is 246 g/mol. The normalized spacial score (nSPS) is 25.7. The summed E-state index contributed by atoms with van der Waals surface area (Å²) in [6.45, 7) is 2.18. The molecule has 1 aliphatic carbocycles. The van der Waals surface area contributed by atoms with E-state index in [4.69, 9.17) is 0 Å². The predicted molar refractivity (Wildman–Crippen MR) is 72.0 cm³/mol. The van der Waals surface area contributed by atoms with Crippen molar-refractivity contribution in [2.75, 3.05) is 0 Å². The van der Waals surface area contributed by atoms with Crippen LogP contribution in [-0.2, 0) is 15.9 Å². The Morgan fingerprint density at radius 3 is 2.61 bits per heavy atom. The molecule has 0 aromatic heterocycles. The first kappa shape index (κ1) is 13.3. The lowest BCUT2D eigenvalue weighted by atomic mass is 9.89. The molecule has 0 N–H and O–H groups in total. The Balaban J connectivity index is 2.18. The molecule has 1 aromatic rings. The first-order valence-electron chi connectivity index (χ1n) is 6.55. The van der Waals surface area contributed by atoms with Gasteiger partial charge in [0.1, 0.15) is 0 Å². The van der Waals surface area contributed by atoms with E-state index in [-0.39, 0.29) is 11.5 Å². The minimum absolute atomic E-state index is 0.0174. The highest BCUT2D eigenvalue weighted by Crippen LogP contribution is 2.54. The summed E-state index contributed by atoms with van der Waals surface area (Å²) >= 11 is 0. The third-order valence-electron chi connectivity index (χ3n) is 3.82. The van der Waals surface area contributed by atoms with Crippen LogP contribution in [0.4, 0.5) is 0 Å². The van der Waals surface area contributed by atoms with Gasteiger partial charge in [-0.2, -0.15) is 12.8 Å². The second-order valence-electron chi connectivity index (χ2n) is 5.02. The summed E-state index contributed by atoms with van der Waals surface area (Å²) in [6, 6.07) is 10.2. The van der Waals surface area contributed by atoms with Gasteiger partial charge in [0.15, 0.2) is 0 Å². The number of rotatable bonds is 6. The topological polar surface area (TPSA) is 46.5 Å². The lowest BCUT2D eigenvalue weighted by Gasteiger charge is -2.16. The first-order valence-corrected chi connectivity index (χ1v) is 7.58. The van der Waals surface area contributed by atoms with Crippen LogP contribution < -0.4 is 0 Å². The van der Waals surface area contributed by atoms with Gasteiger partial charge in [0, 0.05) is 5.41 Å². The van der Waals surface area contributed by atoms with Crippen LogP contribution in [0.2, 0.25) is 0 Å². The van der Waals surface area contributed by atoms with E-state index >= 15 is 0 Å². The molecule has 2 rings (SSSR count). The highest BCUT2D eigenvalue weighted by atomic mass is 32.2. The van der Waals surface area contributed by atoms with Gasteiger partial charge in [0.2, 0.25) is 0 Å². The molecule has 0 aliphatic heterocycles. The zero-order valence-electron chi connectivity index (χ0n) is 10.7. The molecule has 1 aliphatic rings. The van der Waals surface area contributed by atoms with Gasteiger partial charge >= 0.3 is 10.5 Å². The molecule has 0 radical (unpaired) electrons. The SMILES string of the molecule is CCCCCC1(c2ccccc2)CC1N=S(=O)=O. The van der Waals surface area contributed by atoms with Gasteiger partial charge < -0.3 is 0 Å². The smallest absolute Gasteiger partial charge is 0.168 e. The van der Waals surface area contributed by atoms with Crippen LogP contribution >= 0.6 is 0 Å². The molecular formula is C14H19NO2S. The maximum atomic E-state index is 10.7. The van der Waals surface area contributed by atoms with Crippen LogP contribution in [0.25, 0.3) is 0 Å². The quantitative estimate of drug-likeness (QED) is 0.741. The van der Waals surface area contributed by atoms with E-state index in [1.807, 2.05) is 18.2 Å². The molecule has 0 amide bonds. The molecule has 0 heterocycles. The average molecular weight is 265 g/mol. The van der Waals surface area contributed by atoms with Crippen molar-refractivity contribution >= 4 is 10.5 Å². The van der Waals surface area contributed by atoms with Gasteiger partial charge in [-0.05, 0) is 18.4 Å². The van der Waals surface area contributed by atoms with E-state index in [9.17, 15) is 8.42 Å². The maximum Gasteiger partial charge on any atom is 0.311 e. The predicted octanol–water partition coefficient (Wildman–Crippen LogP) is 3.34. The standard InChI is InChI=1S/C14H19NO2S/c1-2-3-7-10-14(11-13(14)15-18(16)17)12-8-5-4-6-9-12/h4-6,8-9,13H,2-3,7,10-11H2,1H3. The van der Waals surface area contributed by atoms with Crippen LogP contribution in [0.1, 0.15) is 44.6 Å². The van der Waals surface area contributed by atoms with Gasteiger partial charge in [-0.1, -0.05) is 56.5 Å². The molecule has 2 atom stereocenters. The summed E-state index contributed by atoms with van der Waals surface area (Å²) in [5.74, 6) is 0. The Kier molecular flexibility index (Phi) is 4.17. The highest BCUT2D eigenvalue weighted by molar-refractivity contribution is 7.61. The van der Waals surface area contributed by atoms with Crippen LogP contribution in [0, 0.1) is 0 Å². The fraction of sp³-hybridized carbons (Fsp3) is 0.571. The zero-order valence-corrected chi connectivity index (χ0v) is 11.5. The van der Waals surface area contributed by atoms with Gasteiger partial charge in [-0.15, -0.1) is 0 Å². The van der Waals surface area contributed by atoms with E-state index in [0.29, 0.717) is 0 Å². The van der Waals surface area contributed by atoms with Crippen molar-refractivity contribution in [1.82, 2.24) is 0 Å². The maximum absolute atomic E-state index is 10.7. The third-order valence-corrected chi connectivity index (χ3v) is 4.25. The van der Waals surface area contributed by atoms with E-state index in [0.717, 1.165) is 19.3 Å². The van der Waals surface area contributed by atoms with Crippen molar-refractivity contribution in [3.8, 4) is 0 Å². The summed E-state index contributed by atoms with van der Waals surface area (Å²) in [6.07, 6.45) is 5.43. The number of hydrogen-bond donors (Lipinski definition) is 0. The molecule has 1 aromatic carbocycles. The number of benzene rings is 1. The highest BCUT2D eigenvalue weighted by Gasteiger charge is 2.55. The van der Waals surface area contributed by atoms with Crippen LogP contribution in [0.15, 0.2) is 34.7 Å². The molecule has 0 spiro atoms. The van der Waals surface area contributed by atoms with E-state index in [1.165, 1.54) is 18.4 Å². The molecule has 4 heteroatoms. The average Bonchev–Trinajstić information content (AvgIpc) is 3.04. The fourth-order valence-corrected chi connectivity index (χ4v) is 3.20. The van der Waals surface area contributed by atoms with E-state index in [2.05, 4.69) is 23.4 Å². The van der Waals surface area contributed by atoms with Crippen LogP contribution in [0.3, 0.4) is 0 Å². The summed E-state index contributed by atoms with van der Waals surface area (Å²) < 4.78 is 25.3. The second-order valence-corrected chi connectivity index (χ2v) is 5.67. The molecule has 2 unspecified atom stereocenters. The Bertz CT molecular complexity index is 516. The van der Waals surface area contributed by atoms with Crippen LogP contribution in [-0.4, -0.2) is 14.5 Å². The summed E-state index contributed by atoms with van der Waals surface area (Å²) in [5.41, 5.74) is 1.22. The second kappa shape index (κ2) is 5.65. The largest absolute Gasteiger partial charge is 0.311 e. The molecule has 98 valence electrons. The molecule has 3 nitrogen and oxygen atoms in total. The summed E-state index contributed by atoms with van der Waals surface area (Å²) in [4.78, 5) is 0. The van der Waals surface area contributed by atoms with Gasteiger partial charge in [-0.25, -0.2) is 0 Å². The third kappa shape index (κ3) is 2.80. The molecule has 1 fully saturated rings. The minimum atomic E-state index is -2.29. The van der Waals surface area contributed by atoms with Crippen molar-refractivity contribution in [3.05, 3.63) is 35.9 Å². The number of unbranched alkanes of at least 4 members (excludes halogenated alkanes) is 2. The van der Waals surface area contributed by atoms with Gasteiger partial charge in [0.05, 0.1) is 6.04 Å². The van der Waals surface area contributed by atoms with Crippen molar-refractivity contribution in [2.45, 2.75) is 50.5 Å². The number of nitrogens with zero attached hydrogens (tertiary/aromatic N) is 1. The Morgan fingerprint density at radius 2 is 2.00 bits per heavy atom. The Hall–Kier alpha value is -1.16. The first-order chi connectivity index (χ1) is 8.69. The summed E-state index contributed by atoms with van der Waals surface area (Å²) in [5, 5.41) is 0. The Morgan fingerprint density at radius 1 is 1.28 bits per heavy atom. The van der Waals surface area contributed by atoms with Gasteiger partial charge in [-0.3, -0.25) is 0 Å². The molecule has 18 heavy (non-hydrogen) atoms. The van der Waals surface area contributed by atoms with E-state index in [1.54, 1.807) is 0 Å². The monoisotopic (exact) mass is 265 g/mol. The van der Waals surface area contributed by atoms with Crippen molar-refractivity contribution in [3.63, 3.8) is 0 Å². The van der Waals surface area contributed by atoms with Crippen molar-refractivity contribution < 1.29 is 8.42 Å². The zero-order chi connectivity index (χ0) is 13.0. The van der Waals surface area contributed by atoms with Crippen LogP contribution in [0.5, 0.6) is 0 Å². The van der Waals surface area contributed by atoms with E-state index < -0.39 is 10.5 Å². The van der Waals surface area contributed by atoms with Gasteiger partial charge in [0.25, 0.3) is 0 Å². The van der Waals surface area contributed by atoms with Crippen molar-refractivity contribution in [2.24, 2.45) is 4.36 Å².